The molecule has 3 aromatic carbocycles. The van der Waals surface area contributed by atoms with Gasteiger partial charge in [-0.3, -0.25) is 23.5 Å². The molecule has 0 bridgehead atoms. The maximum absolute atomic E-state index is 13.6. The van der Waals surface area contributed by atoms with Crippen molar-refractivity contribution in [3.8, 4) is 0 Å². The second kappa shape index (κ2) is 12.1. The van der Waals surface area contributed by atoms with Gasteiger partial charge in [-0.25, -0.2) is 4.79 Å². The van der Waals surface area contributed by atoms with Crippen LogP contribution in [0.5, 0.6) is 0 Å². The maximum Gasteiger partial charge on any atom is 0.332 e. The zero-order chi connectivity index (χ0) is 28.1. The third-order valence-electron chi connectivity index (χ3n) is 7.16. The summed E-state index contributed by atoms with van der Waals surface area (Å²) < 4.78 is 8.07. The van der Waals surface area contributed by atoms with Gasteiger partial charge in [0.2, 0.25) is 5.91 Å². The fourth-order valence-electron chi connectivity index (χ4n) is 4.98. The number of benzene rings is 3. The average molecular weight is 541 g/mol. The molecule has 1 fully saturated rings. The zero-order valence-electron chi connectivity index (χ0n) is 22.4. The predicted molar refractivity (Wildman–Crippen MR) is 154 cm³/mol. The molecule has 1 aliphatic heterocycles. The quantitative estimate of drug-likeness (QED) is 0.339. The van der Waals surface area contributed by atoms with Crippen LogP contribution in [0, 0.1) is 6.92 Å². The van der Waals surface area contributed by atoms with Crippen LogP contribution in [0.25, 0.3) is 10.9 Å². The highest BCUT2D eigenvalue weighted by atomic mass is 16.5. The van der Waals surface area contributed by atoms with Gasteiger partial charge in [-0.05, 0) is 61.6 Å². The highest BCUT2D eigenvalue weighted by Gasteiger charge is 2.22. The van der Waals surface area contributed by atoms with Crippen LogP contribution in [0.3, 0.4) is 0 Å². The van der Waals surface area contributed by atoms with Gasteiger partial charge in [-0.2, -0.15) is 0 Å². The van der Waals surface area contributed by atoms with Crippen LogP contribution in [0.15, 0.2) is 82.4 Å². The van der Waals surface area contributed by atoms with Crippen molar-refractivity contribution in [3.63, 3.8) is 0 Å². The van der Waals surface area contributed by atoms with Crippen LogP contribution in [-0.2, 0) is 29.0 Å². The van der Waals surface area contributed by atoms with Crippen molar-refractivity contribution in [1.29, 1.82) is 0 Å². The molecule has 1 atom stereocenters. The number of rotatable bonds is 9. The Hall–Kier alpha value is -4.50. The Bertz CT molecular complexity index is 1650. The SMILES string of the molecule is Cc1ccccc1NC(=O)Cn1c(=O)n(C[C@@H]2CCCO2)c(=O)c2ccc(C(=O)NCCc3ccccc3)cc21. The minimum atomic E-state index is -0.616. The van der Waals surface area contributed by atoms with Crippen LogP contribution in [0.4, 0.5) is 5.69 Å². The monoisotopic (exact) mass is 540 g/mol. The number of amides is 2. The van der Waals surface area contributed by atoms with Crippen LogP contribution in [-0.4, -0.2) is 40.2 Å². The molecule has 0 saturated carbocycles. The van der Waals surface area contributed by atoms with Gasteiger partial charge in [0, 0.05) is 24.4 Å². The molecule has 2 amide bonds. The molecular formula is C31H32N4O5. The molecule has 2 N–H and O–H groups in total. The molecule has 206 valence electrons. The van der Waals surface area contributed by atoms with Gasteiger partial charge in [0.05, 0.1) is 23.6 Å². The molecular weight excluding hydrogens is 508 g/mol. The lowest BCUT2D eigenvalue weighted by atomic mass is 10.1. The first-order valence-electron chi connectivity index (χ1n) is 13.5. The van der Waals surface area contributed by atoms with E-state index in [1.54, 1.807) is 18.2 Å². The highest BCUT2D eigenvalue weighted by Crippen LogP contribution is 2.17. The summed E-state index contributed by atoms with van der Waals surface area (Å²) in [6.07, 6.45) is 2.03. The molecule has 1 saturated heterocycles. The summed E-state index contributed by atoms with van der Waals surface area (Å²) in [5, 5.41) is 6.00. The molecule has 9 nitrogen and oxygen atoms in total. The van der Waals surface area contributed by atoms with E-state index < -0.39 is 17.2 Å². The van der Waals surface area contributed by atoms with Crippen LogP contribution in [0.1, 0.15) is 34.3 Å². The minimum Gasteiger partial charge on any atom is -0.376 e. The first-order valence-corrected chi connectivity index (χ1v) is 13.5. The van der Waals surface area contributed by atoms with Gasteiger partial charge >= 0.3 is 5.69 Å². The van der Waals surface area contributed by atoms with Crippen LogP contribution in [0.2, 0.25) is 0 Å². The lowest BCUT2D eigenvalue weighted by molar-refractivity contribution is -0.116. The van der Waals surface area contributed by atoms with E-state index in [-0.39, 0.29) is 36.0 Å². The molecule has 2 heterocycles. The van der Waals surface area contributed by atoms with Crippen molar-refractivity contribution in [2.75, 3.05) is 18.5 Å². The molecule has 5 rings (SSSR count). The fraction of sp³-hybridized carbons (Fsp3) is 0.290. The largest absolute Gasteiger partial charge is 0.376 e. The normalized spacial score (nSPS) is 14.8. The van der Waals surface area contributed by atoms with Crippen molar-refractivity contribution in [1.82, 2.24) is 14.5 Å². The molecule has 1 aromatic heterocycles. The van der Waals surface area contributed by atoms with E-state index in [9.17, 15) is 19.2 Å². The molecule has 0 aliphatic carbocycles. The Morgan fingerprint density at radius 1 is 0.975 bits per heavy atom. The standard InChI is InChI=1S/C31H32N4O5/c1-21-8-5-6-12-26(21)33-28(36)20-34-27-18-23(29(37)32-16-15-22-9-3-2-4-10-22)13-14-25(27)30(38)35(31(34)39)19-24-11-7-17-40-24/h2-6,8-10,12-14,18,24H,7,11,15-17,19-20H2,1H3,(H,32,37)(H,33,36)/t24-/m0/s1. The number of hydrogen-bond donors (Lipinski definition) is 2. The predicted octanol–water partition coefficient (Wildman–Crippen LogP) is 3.26. The number of carbonyl (C=O) groups excluding carboxylic acids is 2. The van der Waals surface area contributed by atoms with Gasteiger partial charge < -0.3 is 15.4 Å². The van der Waals surface area contributed by atoms with Crippen molar-refractivity contribution in [3.05, 3.63) is 110 Å². The number of carbonyl (C=O) groups is 2. The molecule has 0 unspecified atom stereocenters. The number of aryl methyl sites for hydroxylation is 1. The summed E-state index contributed by atoms with van der Waals surface area (Å²) in [6, 6.07) is 21.8. The zero-order valence-corrected chi connectivity index (χ0v) is 22.4. The third kappa shape index (κ3) is 6.05. The molecule has 40 heavy (non-hydrogen) atoms. The lowest BCUT2D eigenvalue weighted by Crippen LogP contribution is -2.43. The van der Waals surface area contributed by atoms with Gasteiger partial charge in [0.1, 0.15) is 6.54 Å². The molecule has 1 aliphatic rings. The number of ether oxygens (including phenoxy) is 1. The summed E-state index contributed by atoms with van der Waals surface area (Å²) in [5.74, 6) is -0.748. The summed E-state index contributed by atoms with van der Waals surface area (Å²) in [6.45, 7) is 2.67. The van der Waals surface area contributed by atoms with E-state index in [1.807, 2.05) is 55.5 Å². The summed E-state index contributed by atoms with van der Waals surface area (Å²) in [7, 11) is 0. The molecule has 9 heteroatoms. The van der Waals surface area contributed by atoms with Gasteiger partial charge in [-0.15, -0.1) is 0 Å². The van der Waals surface area contributed by atoms with E-state index in [0.717, 1.165) is 28.5 Å². The van der Waals surface area contributed by atoms with Crippen LogP contribution >= 0.6 is 0 Å². The number of aromatic nitrogens is 2. The lowest BCUT2D eigenvalue weighted by Gasteiger charge is -2.17. The Morgan fingerprint density at radius 3 is 2.50 bits per heavy atom. The topological polar surface area (TPSA) is 111 Å². The van der Waals surface area contributed by atoms with E-state index in [2.05, 4.69) is 10.6 Å². The van der Waals surface area contributed by atoms with E-state index in [4.69, 9.17) is 4.74 Å². The van der Waals surface area contributed by atoms with Gasteiger partial charge in [0.25, 0.3) is 11.5 Å². The van der Waals surface area contributed by atoms with Crippen molar-refractivity contribution in [2.45, 2.75) is 45.4 Å². The van der Waals surface area contributed by atoms with Crippen molar-refractivity contribution >= 4 is 28.4 Å². The Balaban J connectivity index is 1.47. The molecule has 4 aromatic rings. The Labute approximate surface area is 231 Å². The molecule has 0 spiro atoms. The first kappa shape index (κ1) is 27.1. The number of para-hydroxylation sites is 1. The number of nitrogens with zero attached hydrogens (tertiary/aromatic N) is 2. The average Bonchev–Trinajstić information content (AvgIpc) is 3.48. The van der Waals surface area contributed by atoms with Gasteiger partial charge in [-0.1, -0.05) is 48.5 Å². The smallest absolute Gasteiger partial charge is 0.332 e. The van der Waals surface area contributed by atoms with Crippen LogP contribution < -0.4 is 21.9 Å². The Morgan fingerprint density at radius 2 is 1.75 bits per heavy atom. The second-order valence-corrected chi connectivity index (χ2v) is 10.0. The highest BCUT2D eigenvalue weighted by molar-refractivity contribution is 5.98. The van der Waals surface area contributed by atoms with E-state index in [0.29, 0.717) is 30.8 Å². The third-order valence-corrected chi connectivity index (χ3v) is 7.16. The van der Waals surface area contributed by atoms with Gasteiger partial charge in [0.15, 0.2) is 0 Å². The summed E-state index contributed by atoms with van der Waals surface area (Å²) >= 11 is 0. The van der Waals surface area contributed by atoms with E-state index in [1.165, 1.54) is 10.6 Å². The summed E-state index contributed by atoms with van der Waals surface area (Å²) in [4.78, 5) is 53.1. The summed E-state index contributed by atoms with van der Waals surface area (Å²) in [5.41, 5.74) is 2.05. The number of anilines is 1. The minimum absolute atomic E-state index is 0.106. The molecule has 0 radical (unpaired) electrons. The first-order chi connectivity index (χ1) is 19.4. The number of nitrogens with one attached hydrogen (secondary N) is 2. The number of fused-ring (bicyclic) bond motifs is 1. The maximum atomic E-state index is 13.6. The Kier molecular flexibility index (Phi) is 8.21. The second-order valence-electron chi connectivity index (χ2n) is 10.0. The fourth-order valence-corrected chi connectivity index (χ4v) is 4.98. The van der Waals surface area contributed by atoms with E-state index >= 15 is 0 Å². The van der Waals surface area contributed by atoms with Crippen molar-refractivity contribution < 1.29 is 14.3 Å². The van der Waals surface area contributed by atoms with Crippen molar-refractivity contribution in [2.24, 2.45) is 0 Å². The number of hydrogen-bond acceptors (Lipinski definition) is 5.